The van der Waals surface area contributed by atoms with E-state index in [1.165, 1.54) is 11.8 Å². The minimum Gasteiger partial charge on any atom is -0.503 e. The second kappa shape index (κ2) is 8.67. The number of phenols is 2. The van der Waals surface area contributed by atoms with Gasteiger partial charge in [0.2, 0.25) is 0 Å². The summed E-state index contributed by atoms with van der Waals surface area (Å²) in [4.78, 5) is 19.9. The highest BCUT2D eigenvalue weighted by molar-refractivity contribution is 9.11. The third-order valence-corrected chi connectivity index (χ3v) is 6.69. The molecule has 4 rings (SSSR count). The van der Waals surface area contributed by atoms with Crippen molar-refractivity contribution in [3.63, 3.8) is 0 Å². The maximum absolute atomic E-state index is 13.3. The van der Waals surface area contributed by atoms with Crippen LogP contribution in [-0.4, -0.2) is 21.3 Å². The van der Waals surface area contributed by atoms with Crippen molar-refractivity contribution >= 4 is 72.1 Å². The van der Waals surface area contributed by atoms with Gasteiger partial charge < -0.3 is 10.2 Å². The van der Waals surface area contributed by atoms with Crippen LogP contribution in [0.15, 0.2) is 85.6 Å². The molecular formula is C22H14Br2N2O3S. The highest BCUT2D eigenvalue weighted by atomic mass is 79.9. The fourth-order valence-electron chi connectivity index (χ4n) is 2.83. The number of para-hydroxylation sites is 2. The molecule has 0 aromatic heterocycles. The summed E-state index contributed by atoms with van der Waals surface area (Å²) in [6.45, 7) is 0. The van der Waals surface area contributed by atoms with Crippen molar-refractivity contribution in [3.05, 3.63) is 86.1 Å². The lowest BCUT2D eigenvalue weighted by molar-refractivity contribution is -0.113. The number of thioether (sulfide) groups is 1. The Morgan fingerprint density at radius 2 is 1.57 bits per heavy atom. The number of benzene rings is 3. The summed E-state index contributed by atoms with van der Waals surface area (Å²) in [7, 11) is 0. The third-order valence-electron chi connectivity index (χ3n) is 4.28. The van der Waals surface area contributed by atoms with Crippen molar-refractivity contribution in [1.29, 1.82) is 0 Å². The topological polar surface area (TPSA) is 73.1 Å². The van der Waals surface area contributed by atoms with Crippen molar-refractivity contribution in [2.45, 2.75) is 0 Å². The zero-order valence-corrected chi connectivity index (χ0v) is 19.3. The summed E-state index contributed by atoms with van der Waals surface area (Å²) < 4.78 is 0.618. The Morgan fingerprint density at radius 1 is 0.933 bits per heavy atom. The first-order valence-corrected chi connectivity index (χ1v) is 11.2. The van der Waals surface area contributed by atoms with Crippen LogP contribution in [0, 0.1) is 0 Å². The predicted molar refractivity (Wildman–Crippen MR) is 128 cm³/mol. The van der Waals surface area contributed by atoms with Crippen molar-refractivity contribution in [3.8, 4) is 11.5 Å². The van der Waals surface area contributed by atoms with Crippen LogP contribution in [0.1, 0.15) is 5.56 Å². The second-order valence-corrected chi connectivity index (χ2v) is 8.93. The maximum Gasteiger partial charge on any atom is 0.271 e. The van der Waals surface area contributed by atoms with E-state index in [0.29, 0.717) is 30.3 Å². The lowest BCUT2D eigenvalue weighted by atomic mass is 10.2. The standard InChI is InChI=1S/C22H14Br2N2O3S/c23-16-11-13(18(24)20(28)19(16)27)12-17-21(29)26(15-9-5-2-6-10-15)22(30-17)25-14-7-3-1-4-8-14/h1-12,27-28H/b17-12-,25-22?. The largest absolute Gasteiger partial charge is 0.503 e. The fourth-order valence-corrected chi connectivity index (χ4v) is 4.68. The van der Waals surface area contributed by atoms with Crippen LogP contribution in [0.3, 0.4) is 0 Å². The van der Waals surface area contributed by atoms with Gasteiger partial charge in [-0.3, -0.25) is 9.69 Å². The van der Waals surface area contributed by atoms with Gasteiger partial charge in [-0.15, -0.1) is 0 Å². The van der Waals surface area contributed by atoms with E-state index in [-0.39, 0.29) is 17.4 Å². The molecule has 30 heavy (non-hydrogen) atoms. The minimum atomic E-state index is -0.301. The highest BCUT2D eigenvalue weighted by Crippen LogP contribution is 2.44. The molecule has 3 aromatic carbocycles. The van der Waals surface area contributed by atoms with Gasteiger partial charge in [-0.05, 0) is 85.6 Å². The number of hydrogen-bond donors (Lipinski definition) is 2. The number of halogens is 2. The number of aliphatic imine (C=N–C) groups is 1. The number of aromatic hydroxyl groups is 2. The molecule has 0 atom stereocenters. The summed E-state index contributed by atoms with van der Waals surface area (Å²) in [5.74, 6) is -0.798. The average molecular weight is 546 g/mol. The quantitative estimate of drug-likeness (QED) is 0.294. The normalized spacial score (nSPS) is 16.6. The van der Waals surface area contributed by atoms with Gasteiger partial charge in [-0.2, -0.15) is 0 Å². The number of carbonyl (C=O) groups is 1. The fraction of sp³-hybridized carbons (Fsp3) is 0. The number of amidine groups is 1. The van der Waals surface area contributed by atoms with Gasteiger partial charge in [0, 0.05) is 0 Å². The van der Waals surface area contributed by atoms with Gasteiger partial charge in [0.25, 0.3) is 5.91 Å². The predicted octanol–water partition coefficient (Wildman–Crippen LogP) is 6.43. The van der Waals surface area contributed by atoms with Crippen molar-refractivity contribution < 1.29 is 15.0 Å². The zero-order valence-electron chi connectivity index (χ0n) is 15.3. The van der Waals surface area contributed by atoms with E-state index in [1.54, 1.807) is 17.0 Å². The Morgan fingerprint density at radius 3 is 2.23 bits per heavy atom. The Labute approximate surface area is 194 Å². The summed E-state index contributed by atoms with van der Waals surface area (Å²) in [6, 6.07) is 20.3. The van der Waals surface area contributed by atoms with Crippen molar-refractivity contribution in [2.24, 2.45) is 4.99 Å². The monoisotopic (exact) mass is 544 g/mol. The molecule has 1 saturated heterocycles. The van der Waals surface area contributed by atoms with Crippen LogP contribution < -0.4 is 4.90 Å². The first kappa shape index (κ1) is 20.7. The van der Waals surface area contributed by atoms with E-state index in [1.807, 2.05) is 60.7 Å². The van der Waals surface area contributed by atoms with Crippen LogP contribution in [0.5, 0.6) is 11.5 Å². The number of rotatable bonds is 3. The molecule has 1 aliphatic rings. The third kappa shape index (κ3) is 4.03. The van der Waals surface area contributed by atoms with E-state index in [4.69, 9.17) is 0 Å². The SMILES string of the molecule is O=C1/C(=C/c2cc(Br)c(O)c(O)c2Br)SC(=Nc2ccccc2)N1c1ccccc1. The molecule has 150 valence electrons. The molecule has 1 fully saturated rings. The number of phenolic OH excluding ortho intramolecular Hbond substituents is 2. The van der Waals surface area contributed by atoms with E-state index >= 15 is 0 Å². The smallest absolute Gasteiger partial charge is 0.271 e. The summed E-state index contributed by atoms with van der Waals surface area (Å²) in [5.41, 5.74) is 1.99. The van der Waals surface area contributed by atoms with Gasteiger partial charge in [0.15, 0.2) is 16.7 Å². The van der Waals surface area contributed by atoms with Crippen molar-refractivity contribution in [1.82, 2.24) is 0 Å². The van der Waals surface area contributed by atoms with Crippen LogP contribution in [0.2, 0.25) is 0 Å². The molecule has 5 nitrogen and oxygen atoms in total. The second-order valence-electron chi connectivity index (χ2n) is 6.28. The highest BCUT2D eigenvalue weighted by Gasteiger charge is 2.35. The van der Waals surface area contributed by atoms with Gasteiger partial charge in [0.1, 0.15) is 0 Å². The Hall–Kier alpha value is -2.55. The molecule has 0 saturated carbocycles. The van der Waals surface area contributed by atoms with Gasteiger partial charge in [-0.1, -0.05) is 36.4 Å². The van der Waals surface area contributed by atoms with E-state index in [2.05, 4.69) is 36.9 Å². The zero-order chi connectivity index (χ0) is 21.3. The molecule has 0 bridgehead atoms. The first-order chi connectivity index (χ1) is 14.5. The van der Waals surface area contributed by atoms with Gasteiger partial charge in [-0.25, -0.2) is 4.99 Å². The van der Waals surface area contributed by atoms with E-state index in [0.717, 1.165) is 5.69 Å². The Kier molecular flexibility index (Phi) is 5.99. The molecule has 1 aliphatic heterocycles. The summed E-state index contributed by atoms with van der Waals surface area (Å²) in [5, 5.41) is 20.5. The Bertz CT molecular complexity index is 1180. The number of hydrogen-bond acceptors (Lipinski definition) is 5. The number of anilines is 1. The van der Waals surface area contributed by atoms with Crippen LogP contribution in [0.4, 0.5) is 11.4 Å². The molecule has 0 aliphatic carbocycles. The summed E-state index contributed by atoms with van der Waals surface area (Å²) >= 11 is 7.74. The Balaban J connectivity index is 1.81. The number of nitrogens with zero attached hydrogens (tertiary/aromatic N) is 2. The molecule has 8 heteroatoms. The molecule has 3 aromatic rings. The van der Waals surface area contributed by atoms with E-state index in [9.17, 15) is 15.0 Å². The molecular weight excluding hydrogens is 532 g/mol. The molecule has 1 amide bonds. The molecule has 1 heterocycles. The van der Waals surface area contributed by atoms with E-state index < -0.39 is 0 Å². The van der Waals surface area contributed by atoms with Gasteiger partial charge in [0.05, 0.1) is 25.2 Å². The molecule has 0 unspecified atom stereocenters. The average Bonchev–Trinajstić information content (AvgIpc) is 3.06. The van der Waals surface area contributed by atoms with Crippen LogP contribution in [-0.2, 0) is 4.79 Å². The minimum absolute atomic E-state index is 0.225. The number of carbonyl (C=O) groups excluding carboxylic acids is 1. The first-order valence-electron chi connectivity index (χ1n) is 8.78. The molecule has 0 spiro atoms. The number of amides is 1. The van der Waals surface area contributed by atoms with Gasteiger partial charge >= 0.3 is 0 Å². The molecule has 2 N–H and O–H groups in total. The van der Waals surface area contributed by atoms with Crippen LogP contribution in [0.25, 0.3) is 6.08 Å². The lowest BCUT2D eigenvalue weighted by Crippen LogP contribution is -2.28. The lowest BCUT2D eigenvalue weighted by Gasteiger charge is -2.15. The maximum atomic E-state index is 13.3. The summed E-state index contributed by atoms with van der Waals surface area (Å²) in [6.07, 6.45) is 1.66. The van der Waals surface area contributed by atoms with Crippen molar-refractivity contribution in [2.75, 3.05) is 4.90 Å². The molecule has 0 radical (unpaired) electrons. The van der Waals surface area contributed by atoms with Crippen LogP contribution >= 0.6 is 43.6 Å².